The molecule has 0 atom stereocenters. The first kappa shape index (κ1) is 22.7. The minimum absolute atomic E-state index is 0.0389. The number of carbonyl (C=O) groups excluding carboxylic acids is 1. The fraction of sp³-hybridized carbons (Fsp3) is 0.261. The first-order valence-corrected chi connectivity index (χ1v) is 10.7. The SMILES string of the molecule is C=CCn1c(SCC(=O)Nc2ccc(F)c(F)c2)nnc1-c1ccc(C(C)(C)C)cc1. The number of halogens is 2. The van der Waals surface area contributed by atoms with Crippen molar-refractivity contribution >= 4 is 23.4 Å². The van der Waals surface area contributed by atoms with Crippen molar-refractivity contribution in [3.05, 3.63) is 72.3 Å². The molecule has 1 heterocycles. The number of benzene rings is 2. The molecule has 0 saturated carbocycles. The van der Waals surface area contributed by atoms with E-state index in [0.717, 1.165) is 17.7 Å². The van der Waals surface area contributed by atoms with Gasteiger partial charge < -0.3 is 5.32 Å². The van der Waals surface area contributed by atoms with Crippen LogP contribution in [0.3, 0.4) is 0 Å². The fourth-order valence-electron chi connectivity index (χ4n) is 2.92. The lowest BCUT2D eigenvalue weighted by atomic mass is 9.87. The second-order valence-electron chi connectivity index (χ2n) is 8.00. The van der Waals surface area contributed by atoms with Crippen molar-refractivity contribution in [2.24, 2.45) is 0 Å². The summed E-state index contributed by atoms with van der Waals surface area (Å²) in [6, 6.07) is 11.4. The lowest BCUT2D eigenvalue weighted by molar-refractivity contribution is -0.113. The highest BCUT2D eigenvalue weighted by atomic mass is 32.2. The Bertz CT molecular complexity index is 1090. The highest BCUT2D eigenvalue weighted by Gasteiger charge is 2.17. The zero-order chi connectivity index (χ0) is 22.6. The van der Waals surface area contributed by atoms with Crippen LogP contribution in [-0.4, -0.2) is 26.4 Å². The number of rotatable bonds is 7. The average molecular weight is 443 g/mol. The standard InChI is InChI=1S/C23H24F2N4OS/c1-5-12-29-21(15-6-8-16(9-7-15)23(2,3)4)27-28-22(29)31-14-20(30)26-17-10-11-18(24)19(25)13-17/h5-11,13H,1,12,14H2,2-4H3,(H,26,30). The Kier molecular flexibility index (Phi) is 6.90. The van der Waals surface area contributed by atoms with Gasteiger partial charge in [-0.25, -0.2) is 8.78 Å². The van der Waals surface area contributed by atoms with Crippen LogP contribution in [0.2, 0.25) is 0 Å². The van der Waals surface area contributed by atoms with Crippen LogP contribution in [-0.2, 0) is 16.8 Å². The molecule has 1 aromatic heterocycles. The summed E-state index contributed by atoms with van der Waals surface area (Å²) < 4.78 is 28.2. The third-order valence-electron chi connectivity index (χ3n) is 4.57. The number of hydrogen-bond acceptors (Lipinski definition) is 4. The van der Waals surface area contributed by atoms with Crippen LogP contribution in [0.25, 0.3) is 11.4 Å². The van der Waals surface area contributed by atoms with Gasteiger partial charge in [0, 0.05) is 23.9 Å². The highest BCUT2D eigenvalue weighted by Crippen LogP contribution is 2.28. The Hall–Kier alpha value is -3.00. The Morgan fingerprint density at radius 2 is 1.84 bits per heavy atom. The number of nitrogens with zero attached hydrogens (tertiary/aromatic N) is 3. The van der Waals surface area contributed by atoms with Crippen molar-refractivity contribution < 1.29 is 13.6 Å². The third kappa shape index (κ3) is 5.58. The molecule has 1 amide bonds. The fourth-order valence-corrected chi connectivity index (χ4v) is 3.67. The van der Waals surface area contributed by atoms with Gasteiger partial charge in [-0.15, -0.1) is 16.8 Å². The Morgan fingerprint density at radius 3 is 2.45 bits per heavy atom. The summed E-state index contributed by atoms with van der Waals surface area (Å²) in [6.45, 7) is 10.7. The van der Waals surface area contributed by atoms with Crippen molar-refractivity contribution in [1.82, 2.24) is 14.8 Å². The molecular formula is C23H24F2N4OS. The van der Waals surface area contributed by atoms with Gasteiger partial charge in [-0.1, -0.05) is 62.9 Å². The quantitative estimate of drug-likeness (QED) is 0.391. The van der Waals surface area contributed by atoms with Gasteiger partial charge in [0.1, 0.15) is 0 Å². The van der Waals surface area contributed by atoms with E-state index in [-0.39, 0.29) is 22.8 Å². The number of anilines is 1. The maximum Gasteiger partial charge on any atom is 0.234 e. The average Bonchev–Trinajstić information content (AvgIpc) is 3.11. The zero-order valence-electron chi connectivity index (χ0n) is 17.7. The molecular weight excluding hydrogens is 418 g/mol. The number of allylic oxidation sites excluding steroid dienone is 1. The molecule has 31 heavy (non-hydrogen) atoms. The third-order valence-corrected chi connectivity index (χ3v) is 5.54. The molecule has 0 aliphatic rings. The lowest BCUT2D eigenvalue weighted by Gasteiger charge is -2.19. The molecule has 0 spiro atoms. The largest absolute Gasteiger partial charge is 0.325 e. The van der Waals surface area contributed by atoms with Crippen molar-refractivity contribution in [2.75, 3.05) is 11.1 Å². The summed E-state index contributed by atoms with van der Waals surface area (Å²) in [7, 11) is 0. The van der Waals surface area contributed by atoms with Gasteiger partial charge in [0.05, 0.1) is 5.75 Å². The number of carbonyl (C=O) groups is 1. The van der Waals surface area contributed by atoms with Gasteiger partial charge in [0.25, 0.3) is 0 Å². The summed E-state index contributed by atoms with van der Waals surface area (Å²) in [6.07, 6.45) is 1.74. The smallest absolute Gasteiger partial charge is 0.234 e. The molecule has 0 aliphatic carbocycles. The molecule has 0 saturated heterocycles. The van der Waals surface area contributed by atoms with Crippen LogP contribution in [0.1, 0.15) is 26.3 Å². The number of thioether (sulfide) groups is 1. The normalized spacial score (nSPS) is 11.4. The predicted molar refractivity (Wildman–Crippen MR) is 120 cm³/mol. The molecule has 1 N–H and O–H groups in total. The van der Waals surface area contributed by atoms with Crippen molar-refractivity contribution in [3.63, 3.8) is 0 Å². The van der Waals surface area contributed by atoms with E-state index in [0.29, 0.717) is 17.5 Å². The lowest BCUT2D eigenvalue weighted by Crippen LogP contribution is -2.15. The van der Waals surface area contributed by atoms with E-state index in [2.05, 4.69) is 55.0 Å². The second-order valence-corrected chi connectivity index (χ2v) is 8.94. The molecule has 0 radical (unpaired) electrons. The summed E-state index contributed by atoms with van der Waals surface area (Å²) in [5, 5.41) is 11.6. The van der Waals surface area contributed by atoms with E-state index in [1.54, 1.807) is 6.08 Å². The van der Waals surface area contributed by atoms with Crippen LogP contribution >= 0.6 is 11.8 Å². The van der Waals surface area contributed by atoms with Crippen LogP contribution < -0.4 is 5.32 Å². The van der Waals surface area contributed by atoms with Gasteiger partial charge >= 0.3 is 0 Å². The highest BCUT2D eigenvalue weighted by molar-refractivity contribution is 7.99. The van der Waals surface area contributed by atoms with Gasteiger partial charge in [0.15, 0.2) is 22.6 Å². The van der Waals surface area contributed by atoms with E-state index < -0.39 is 11.6 Å². The molecule has 0 bridgehead atoms. The minimum atomic E-state index is -1.02. The number of aromatic nitrogens is 3. The molecule has 5 nitrogen and oxygen atoms in total. The summed E-state index contributed by atoms with van der Waals surface area (Å²) in [4.78, 5) is 12.2. The van der Waals surface area contributed by atoms with Gasteiger partial charge in [-0.05, 0) is 23.1 Å². The van der Waals surface area contributed by atoms with Gasteiger partial charge in [-0.2, -0.15) is 0 Å². The topological polar surface area (TPSA) is 59.8 Å². The molecule has 3 aromatic rings. The Balaban J connectivity index is 1.73. The predicted octanol–water partition coefficient (Wildman–Crippen LogP) is 5.44. The Labute approximate surface area is 184 Å². The number of amides is 1. The first-order chi connectivity index (χ1) is 14.7. The van der Waals surface area contributed by atoms with Gasteiger partial charge in [0.2, 0.25) is 5.91 Å². The summed E-state index contributed by atoms with van der Waals surface area (Å²) in [5.41, 5.74) is 2.38. The maximum atomic E-state index is 13.3. The van der Waals surface area contributed by atoms with E-state index >= 15 is 0 Å². The molecule has 0 aliphatic heterocycles. The summed E-state index contributed by atoms with van der Waals surface area (Å²) >= 11 is 1.21. The van der Waals surface area contributed by atoms with Crippen LogP contribution in [0.15, 0.2) is 60.3 Å². The van der Waals surface area contributed by atoms with Crippen LogP contribution in [0.4, 0.5) is 14.5 Å². The molecule has 8 heteroatoms. The molecule has 3 rings (SSSR count). The summed E-state index contributed by atoms with van der Waals surface area (Å²) in [5.74, 6) is -1.62. The van der Waals surface area contributed by atoms with Crippen LogP contribution in [0, 0.1) is 11.6 Å². The number of hydrogen-bond donors (Lipinski definition) is 1. The van der Waals surface area contributed by atoms with Crippen LogP contribution in [0.5, 0.6) is 0 Å². The molecule has 0 unspecified atom stereocenters. The van der Waals surface area contributed by atoms with E-state index in [9.17, 15) is 13.6 Å². The van der Waals surface area contributed by atoms with Crippen molar-refractivity contribution in [2.45, 2.75) is 37.9 Å². The van der Waals surface area contributed by atoms with E-state index in [1.165, 1.54) is 23.4 Å². The first-order valence-electron chi connectivity index (χ1n) is 9.71. The second kappa shape index (κ2) is 9.43. The Morgan fingerprint density at radius 1 is 1.13 bits per heavy atom. The van der Waals surface area contributed by atoms with E-state index in [4.69, 9.17) is 0 Å². The molecule has 162 valence electrons. The van der Waals surface area contributed by atoms with Crippen molar-refractivity contribution in [3.8, 4) is 11.4 Å². The molecule has 2 aromatic carbocycles. The van der Waals surface area contributed by atoms with E-state index in [1.807, 2.05) is 16.7 Å². The zero-order valence-corrected chi connectivity index (χ0v) is 18.5. The molecule has 0 fully saturated rings. The van der Waals surface area contributed by atoms with Gasteiger partial charge in [-0.3, -0.25) is 9.36 Å². The minimum Gasteiger partial charge on any atom is -0.325 e. The van der Waals surface area contributed by atoms with Crippen molar-refractivity contribution in [1.29, 1.82) is 0 Å². The maximum absolute atomic E-state index is 13.3. The number of nitrogens with one attached hydrogen (secondary N) is 1. The monoisotopic (exact) mass is 442 g/mol.